The molecule has 0 spiro atoms. The predicted octanol–water partition coefficient (Wildman–Crippen LogP) is 4.80. The van der Waals surface area contributed by atoms with Gasteiger partial charge in [0.1, 0.15) is 12.2 Å². The van der Waals surface area contributed by atoms with Crippen LogP contribution in [0.3, 0.4) is 0 Å². The van der Waals surface area contributed by atoms with E-state index in [1.54, 1.807) is 27.9 Å². The molecule has 1 aliphatic rings. The van der Waals surface area contributed by atoms with Gasteiger partial charge in [-0.2, -0.15) is 0 Å². The third-order valence-corrected chi connectivity index (χ3v) is 7.59. The Kier molecular flexibility index (Phi) is 15.2. The first-order valence-corrected chi connectivity index (χ1v) is 14.3. The van der Waals surface area contributed by atoms with E-state index in [9.17, 15) is 14.7 Å². The minimum absolute atomic E-state index is 0.123. The Morgan fingerprint density at radius 2 is 1.74 bits per heavy atom. The number of ether oxygens (including phenoxy) is 3. The smallest absolute Gasteiger partial charge is 0.308 e. The second-order valence-electron chi connectivity index (χ2n) is 11.4. The molecule has 220 valence electrons. The molecule has 0 bridgehead atoms. The van der Waals surface area contributed by atoms with Gasteiger partial charge in [-0.3, -0.25) is 9.59 Å². The Bertz CT molecular complexity index is 768. The molecule has 1 heterocycles. The van der Waals surface area contributed by atoms with Gasteiger partial charge >= 0.3 is 11.9 Å². The van der Waals surface area contributed by atoms with Crippen LogP contribution < -0.4 is 5.73 Å². The first-order valence-electron chi connectivity index (χ1n) is 14.3. The zero-order valence-corrected chi connectivity index (χ0v) is 25.0. The van der Waals surface area contributed by atoms with Crippen LogP contribution in [0, 0.1) is 23.7 Å². The second-order valence-corrected chi connectivity index (χ2v) is 11.4. The molecule has 0 aromatic heterocycles. The highest BCUT2D eigenvalue weighted by Crippen LogP contribution is 2.27. The number of nitrogens with zero attached hydrogens (tertiary/aromatic N) is 1. The molecule has 0 radical (unpaired) electrons. The third-order valence-electron chi connectivity index (χ3n) is 7.59. The summed E-state index contributed by atoms with van der Waals surface area (Å²) < 4.78 is 17.2. The Morgan fingerprint density at radius 1 is 1.08 bits per heavy atom. The van der Waals surface area contributed by atoms with Crippen LogP contribution in [0.2, 0.25) is 0 Å². The monoisotopic (exact) mass is 538 g/mol. The lowest BCUT2D eigenvalue weighted by Crippen LogP contribution is -2.43. The number of aliphatic hydroxyl groups excluding tert-OH is 1. The number of hydrogen-bond donors (Lipinski definition) is 2. The van der Waals surface area contributed by atoms with Crippen LogP contribution in [-0.4, -0.2) is 66.1 Å². The number of methoxy groups -OCH3 is 1. The zero-order valence-electron chi connectivity index (χ0n) is 25.0. The lowest BCUT2D eigenvalue weighted by molar-refractivity contribution is -0.158. The van der Waals surface area contributed by atoms with Crippen LogP contribution in [-0.2, 0) is 23.8 Å². The number of esters is 2. The predicted molar refractivity (Wildman–Crippen MR) is 151 cm³/mol. The van der Waals surface area contributed by atoms with Gasteiger partial charge in [0.2, 0.25) is 0 Å². The second kappa shape index (κ2) is 16.9. The van der Waals surface area contributed by atoms with E-state index in [1.807, 2.05) is 40.0 Å². The summed E-state index contributed by atoms with van der Waals surface area (Å²) in [6.45, 7) is 18.3. The van der Waals surface area contributed by atoms with Crippen LogP contribution in [0.4, 0.5) is 0 Å². The van der Waals surface area contributed by atoms with Crippen molar-refractivity contribution in [2.75, 3.05) is 13.7 Å². The highest BCUT2D eigenvalue weighted by molar-refractivity contribution is 5.71. The van der Waals surface area contributed by atoms with Crippen LogP contribution >= 0.6 is 0 Å². The van der Waals surface area contributed by atoms with Crippen molar-refractivity contribution < 1.29 is 28.9 Å². The fourth-order valence-corrected chi connectivity index (χ4v) is 4.63. The summed E-state index contributed by atoms with van der Waals surface area (Å²) in [6, 6.07) is -0.357. The zero-order chi connectivity index (χ0) is 29.0. The molecule has 1 fully saturated rings. The summed E-state index contributed by atoms with van der Waals surface area (Å²) in [6.07, 6.45) is 6.05. The number of carbonyl (C=O) groups excluding carboxylic acids is 2. The van der Waals surface area contributed by atoms with Crippen molar-refractivity contribution in [3.63, 3.8) is 0 Å². The standard InChI is InChI=1S/C30H54N2O6/c1-10-28(33)37-26(19(2)3)18-27(36-9)24(31)13-14-25(38-30(35)20(4)5)23(8)29(34)21(6)15-17-32-16-11-12-22(32)7/h15,17,19-21,23-27,29,34H,7,10-14,16,18,31H2,1-6,8-9H3/b17-15+/t21-,23+,24+,25-,26+,27+,29-/m1/s1. The van der Waals surface area contributed by atoms with E-state index < -0.39 is 12.2 Å². The van der Waals surface area contributed by atoms with E-state index in [2.05, 4.69) is 11.5 Å². The van der Waals surface area contributed by atoms with Crippen molar-refractivity contribution in [2.45, 2.75) is 117 Å². The van der Waals surface area contributed by atoms with Crippen LogP contribution in [0.15, 0.2) is 24.6 Å². The average Bonchev–Trinajstić information content (AvgIpc) is 3.29. The van der Waals surface area contributed by atoms with Crippen molar-refractivity contribution in [2.24, 2.45) is 29.4 Å². The largest absolute Gasteiger partial charge is 0.462 e. The molecule has 0 unspecified atom stereocenters. The molecule has 3 N–H and O–H groups in total. The van der Waals surface area contributed by atoms with Crippen molar-refractivity contribution in [3.05, 3.63) is 24.6 Å². The molecule has 8 nitrogen and oxygen atoms in total. The van der Waals surface area contributed by atoms with Gasteiger partial charge in [0.15, 0.2) is 0 Å². The fourth-order valence-electron chi connectivity index (χ4n) is 4.63. The van der Waals surface area contributed by atoms with Crippen LogP contribution in [0.1, 0.15) is 87.0 Å². The number of allylic oxidation sites excluding steroid dienone is 1. The molecule has 8 heteroatoms. The summed E-state index contributed by atoms with van der Waals surface area (Å²) in [4.78, 5) is 26.5. The number of aliphatic hydroxyl groups is 1. The van der Waals surface area contributed by atoms with E-state index in [0.29, 0.717) is 25.7 Å². The summed E-state index contributed by atoms with van der Waals surface area (Å²) in [5.41, 5.74) is 7.64. The minimum atomic E-state index is -0.708. The van der Waals surface area contributed by atoms with Gasteiger partial charge in [-0.25, -0.2) is 0 Å². The Morgan fingerprint density at radius 3 is 2.24 bits per heavy atom. The topological polar surface area (TPSA) is 111 Å². The molecule has 0 aromatic carbocycles. The van der Waals surface area contributed by atoms with Gasteiger partial charge in [0.05, 0.1) is 18.1 Å². The first-order chi connectivity index (χ1) is 17.8. The molecule has 0 aromatic rings. The number of hydrogen-bond acceptors (Lipinski definition) is 8. The molecular weight excluding hydrogens is 484 g/mol. The minimum Gasteiger partial charge on any atom is -0.462 e. The Hall–Kier alpha value is -1.90. The van der Waals surface area contributed by atoms with Crippen molar-refractivity contribution >= 4 is 11.9 Å². The van der Waals surface area contributed by atoms with Gasteiger partial charge in [0.25, 0.3) is 0 Å². The van der Waals surface area contributed by atoms with Gasteiger partial charge in [-0.1, -0.05) is 61.1 Å². The molecule has 0 amide bonds. The molecule has 7 atom stereocenters. The first kappa shape index (κ1) is 34.1. The maximum Gasteiger partial charge on any atom is 0.308 e. The molecular formula is C30H54N2O6. The van der Waals surface area contributed by atoms with Gasteiger partial charge in [-0.05, 0) is 31.6 Å². The summed E-state index contributed by atoms with van der Waals surface area (Å²) in [5.74, 6) is -1.14. The molecule has 1 saturated heterocycles. The van der Waals surface area contributed by atoms with E-state index >= 15 is 0 Å². The molecule has 0 saturated carbocycles. The van der Waals surface area contributed by atoms with Crippen molar-refractivity contribution in [1.29, 1.82) is 0 Å². The lowest BCUT2D eigenvalue weighted by Gasteiger charge is -2.33. The van der Waals surface area contributed by atoms with Crippen LogP contribution in [0.25, 0.3) is 0 Å². The average molecular weight is 539 g/mol. The van der Waals surface area contributed by atoms with Gasteiger partial charge in [0, 0.05) is 56.3 Å². The number of rotatable bonds is 17. The van der Waals surface area contributed by atoms with Gasteiger partial charge < -0.3 is 30.0 Å². The van der Waals surface area contributed by atoms with Crippen LogP contribution in [0.5, 0.6) is 0 Å². The van der Waals surface area contributed by atoms with Crippen molar-refractivity contribution in [1.82, 2.24) is 4.90 Å². The highest BCUT2D eigenvalue weighted by Gasteiger charge is 2.33. The Labute approximate surface area is 230 Å². The quantitative estimate of drug-likeness (QED) is 0.254. The van der Waals surface area contributed by atoms with E-state index in [-0.39, 0.29) is 53.9 Å². The van der Waals surface area contributed by atoms with E-state index in [1.165, 1.54) is 0 Å². The molecule has 1 aliphatic heterocycles. The lowest BCUT2D eigenvalue weighted by atomic mass is 9.85. The SMILES string of the molecule is C=C1CCCN1/C=C/[C@@H](C)[C@@H](O)[C@@H](C)[C@@H](CC[C@H](N)[C@H](C[C@H](OC(=O)CC)C(C)C)OC)OC(=O)C(C)C. The summed E-state index contributed by atoms with van der Waals surface area (Å²) in [5, 5.41) is 11.2. The van der Waals surface area contributed by atoms with E-state index in [4.69, 9.17) is 19.9 Å². The maximum atomic E-state index is 12.5. The highest BCUT2D eigenvalue weighted by atomic mass is 16.6. The molecule has 1 rings (SSSR count). The number of likely N-dealkylation sites (tertiary alicyclic amines) is 1. The van der Waals surface area contributed by atoms with E-state index in [0.717, 1.165) is 25.1 Å². The number of nitrogens with two attached hydrogens (primary N) is 1. The summed E-state index contributed by atoms with van der Waals surface area (Å²) >= 11 is 0. The van der Waals surface area contributed by atoms with Crippen molar-refractivity contribution in [3.8, 4) is 0 Å². The third kappa shape index (κ3) is 11.1. The summed E-state index contributed by atoms with van der Waals surface area (Å²) in [7, 11) is 1.61. The molecule has 38 heavy (non-hydrogen) atoms. The van der Waals surface area contributed by atoms with Gasteiger partial charge in [-0.15, -0.1) is 0 Å². The number of carbonyl (C=O) groups is 2. The Balaban J connectivity index is 2.90. The fraction of sp³-hybridized carbons (Fsp3) is 0.800. The molecule has 0 aliphatic carbocycles. The normalized spacial score (nSPS) is 19.9. The maximum absolute atomic E-state index is 12.5.